The van der Waals surface area contributed by atoms with Gasteiger partial charge in [-0.25, -0.2) is 0 Å². The molecular formula is C18H16N2O2S. The third-order valence-corrected chi connectivity index (χ3v) is 4.30. The monoisotopic (exact) mass is 324 g/mol. The molecule has 3 aromatic rings. The molecule has 116 valence electrons. The number of thiophene rings is 1. The summed E-state index contributed by atoms with van der Waals surface area (Å²) in [5.41, 5.74) is 2.60. The molecule has 0 saturated carbocycles. The van der Waals surface area contributed by atoms with Crippen LogP contribution in [0, 0.1) is 0 Å². The average Bonchev–Trinajstić information content (AvgIpc) is 3.14. The first kappa shape index (κ1) is 15.2. The van der Waals surface area contributed by atoms with Crippen molar-refractivity contribution in [2.75, 3.05) is 7.11 Å². The zero-order valence-electron chi connectivity index (χ0n) is 12.7. The van der Waals surface area contributed by atoms with Crippen molar-refractivity contribution < 1.29 is 9.53 Å². The lowest BCUT2D eigenvalue weighted by molar-refractivity contribution is 0.0950. The zero-order valence-corrected chi connectivity index (χ0v) is 13.5. The van der Waals surface area contributed by atoms with Gasteiger partial charge in [-0.1, -0.05) is 12.1 Å². The largest absolute Gasteiger partial charge is 0.497 e. The predicted octanol–water partition coefficient (Wildman–Crippen LogP) is 3.75. The van der Waals surface area contributed by atoms with Crippen LogP contribution in [0.5, 0.6) is 5.75 Å². The molecule has 0 unspecified atom stereocenters. The molecule has 0 aliphatic rings. The SMILES string of the molecule is COc1cccc(C(=O)NCc2cncc(-c3cccs3)c2)c1. The van der Waals surface area contributed by atoms with E-state index in [-0.39, 0.29) is 5.91 Å². The molecule has 0 atom stereocenters. The summed E-state index contributed by atoms with van der Waals surface area (Å²) in [5, 5.41) is 4.94. The fourth-order valence-corrected chi connectivity index (χ4v) is 2.92. The fourth-order valence-electron chi connectivity index (χ4n) is 2.21. The summed E-state index contributed by atoms with van der Waals surface area (Å²) < 4.78 is 5.14. The van der Waals surface area contributed by atoms with Gasteiger partial charge in [-0.3, -0.25) is 9.78 Å². The van der Waals surface area contributed by atoms with Crippen LogP contribution in [-0.2, 0) is 6.54 Å². The van der Waals surface area contributed by atoms with E-state index in [0.29, 0.717) is 17.9 Å². The highest BCUT2D eigenvalue weighted by Crippen LogP contribution is 2.24. The minimum Gasteiger partial charge on any atom is -0.497 e. The van der Waals surface area contributed by atoms with Crippen molar-refractivity contribution in [3.63, 3.8) is 0 Å². The normalized spacial score (nSPS) is 10.3. The van der Waals surface area contributed by atoms with Crippen molar-refractivity contribution in [3.8, 4) is 16.2 Å². The van der Waals surface area contributed by atoms with Gasteiger partial charge in [0.25, 0.3) is 5.91 Å². The molecule has 2 aromatic heterocycles. The highest BCUT2D eigenvalue weighted by atomic mass is 32.1. The molecule has 0 radical (unpaired) electrons. The Kier molecular flexibility index (Phi) is 4.68. The molecule has 0 fully saturated rings. The van der Waals surface area contributed by atoms with E-state index in [4.69, 9.17) is 4.74 Å². The molecule has 1 aromatic carbocycles. The highest BCUT2D eigenvalue weighted by Gasteiger charge is 2.07. The molecule has 1 N–H and O–H groups in total. The van der Waals surface area contributed by atoms with Crippen molar-refractivity contribution in [2.45, 2.75) is 6.54 Å². The van der Waals surface area contributed by atoms with Gasteiger partial charge in [-0.05, 0) is 41.3 Å². The summed E-state index contributed by atoms with van der Waals surface area (Å²) in [4.78, 5) is 17.6. The van der Waals surface area contributed by atoms with Crippen LogP contribution in [0.15, 0.2) is 60.2 Å². The molecule has 0 spiro atoms. The zero-order chi connectivity index (χ0) is 16.1. The molecule has 23 heavy (non-hydrogen) atoms. The number of rotatable bonds is 5. The number of carbonyl (C=O) groups excluding carboxylic acids is 1. The number of carbonyl (C=O) groups is 1. The smallest absolute Gasteiger partial charge is 0.251 e. The Hall–Kier alpha value is -2.66. The summed E-state index contributed by atoms with van der Waals surface area (Å²) in [7, 11) is 1.58. The van der Waals surface area contributed by atoms with Crippen molar-refractivity contribution in [3.05, 3.63) is 71.4 Å². The number of methoxy groups -OCH3 is 1. The molecule has 0 bridgehead atoms. The van der Waals surface area contributed by atoms with Crippen molar-refractivity contribution in [1.29, 1.82) is 0 Å². The van der Waals surface area contributed by atoms with E-state index in [1.165, 1.54) is 4.88 Å². The van der Waals surface area contributed by atoms with Crippen LogP contribution in [-0.4, -0.2) is 18.0 Å². The number of nitrogens with zero attached hydrogens (tertiary/aromatic N) is 1. The van der Waals surface area contributed by atoms with E-state index in [2.05, 4.69) is 16.4 Å². The van der Waals surface area contributed by atoms with E-state index in [1.807, 2.05) is 29.8 Å². The number of amides is 1. The minimum absolute atomic E-state index is 0.134. The average molecular weight is 324 g/mol. The lowest BCUT2D eigenvalue weighted by atomic mass is 10.1. The molecule has 5 heteroatoms. The first-order valence-electron chi connectivity index (χ1n) is 7.16. The summed E-state index contributed by atoms with van der Waals surface area (Å²) in [6.45, 7) is 0.433. The number of aromatic nitrogens is 1. The number of ether oxygens (including phenoxy) is 1. The number of hydrogen-bond acceptors (Lipinski definition) is 4. The fraction of sp³-hybridized carbons (Fsp3) is 0.111. The van der Waals surface area contributed by atoms with Crippen LogP contribution in [0.4, 0.5) is 0 Å². The van der Waals surface area contributed by atoms with Gasteiger partial charge in [-0.15, -0.1) is 11.3 Å². The Morgan fingerprint density at radius 3 is 2.91 bits per heavy atom. The molecule has 0 saturated heterocycles. The molecule has 2 heterocycles. The Balaban J connectivity index is 1.68. The molecule has 0 aliphatic carbocycles. The van der Waals surface area contributed by atoms with Gasteiger partial charge in [0.05, 0.1) is 7.11 Å². The predicted molar refractivity (Wildman–Crippen MR) is 91.7 cm³/mol. The van der Waals surface area contributed by atoms with Crippen molar-refractivity contribution in [1.82, 2.24) is 10.3 Å². The summed E-state index contributed by atoms with van der Waals surface area (Å²) >= 11 is 1.67. The van der Waals surface area contributed by atoms with E-state index in [0.717, 1.165) is 11.1 Å². The van der Waals surface area contributed by atoms with E-state index >= 15 is 0 Å². The second-order valence-corrected chi connectivity index (χ2v) is 5.92. The Morgan fingerprint density at radius 2 is 2.13 bits per heavy atom. The first-order valence-corrected chi connectivity index (χ1v) is 8.04. The number of nitrogens with one attached hydrogen (secondary N) is 1. The van der Waals surface area contributed by atoms with Crippen LogP contribution in [0.3, 0.4) is 0 Å². The second-order valence-electron chi connectivity index (χ2n) is 4.97. The third kappa shape index (κ3) is 3.76. The van der Waals surface area contributed by atoms with Crippen molar-refractivity contribution >= 4 is 17.2 Å². The van der Waals surface area contributed by atoms with E-state index in [1.54, 1.807) is 42.8 Å². The van der Waals surface area contributed by atoms with E-state index < -0.39 is 0 Å². The van der Waals surface area contributed by atoms with Gasteiger partial charge in [0, 0.05) is 34.9 Å². The van der Waals surface area contributed by atoms with Crippen molar-refractivity contribution in [2.24, 2.45) is 0 Å². The maximum atomic E-state index is 12.2. The number of benzene rings is 1. The van der Waals surface area contributed by atoms with Gasteiger partial charge in [0.2, 0.25) is 0 Å². The van der Waals surface area contributed by atoms with E-state index in [9.17, 15) is 4.79 Å². The standard InChI is InChI=1S/C18H16N2O2S/c1-22-16-5-2-4-14(9-16)18(21)20-11-13-8-15(12-19-10-13)17-6-3-7-23-17/h2-10,12H,11H2,1H3,(H,20,21). The molecule has 3 rings (SSSR count). The lowest BCUT2D eigenvalue weighted by Crippen LogP contribution is -2.22. The van der Waals surface area contributed by atoms with Gasteiger partial charge >= 0.3 is 0 Å². The highest BCUT2D eigenvalue weighted by molar-refractivity contribution is 7.13. The maximum absolute atomic E-state index is 12.2. The van der Waals surface area contributed by atoms with Gasteiger partial charge in [0.15, 0.2) is 0 Å². The van der Waals surface area contributed by atoms with Crippen LogP contribution < -0.4 is 10.1 Å². The first-order chi connectivity index (χ1) is 11.3. The molecule has 0 aliphatic heterocycles. The number of hydrogen-bond donors (Lipinski definition) is 1. The quantitative estimate of drug-likeness (QED) is 0.777. The maximum Gasteiger partial charge on any atom is 0.251 e. The lowest BCUT2D eigenvalue weighted by Gasteiger charge is -2.07. The minimum atomic E-state index is -0.134. The summed E-state index contributed by atoms with van der Waals surface area (Å²) in [5.74, 6) is 0.532. The summed E-state index contributed by atoms with van der Waals surface area (Å²) in [6, 6.07) is 13.2. The van der Waals surface area contributed by atoms with Crippen LogP contribution in [0.2, 0.25) is 0 Å². The number of pyridine rings is 1. The van der Waals surface area contributed by atoms with Crippen LogP contribution in [0.1, 0.15) is 15.9 Å². The molecule has 1 amide bonds. The Labute approximate surface area is 138 Å². The third-order valence-electron chi connectivity index (χ3n) is 3.39. The van der Waals surface area contributed by atoms with Gasteiger partial charge in [0.1, 0.15) is 5.75 Å². The topological polar surface area (TPSA) is 51.2 Å². The Morgan fingerprint density at radius 1 is 1.22 bits per heavy atom. The van der Waals surface area contributed by atoms with Crippen LogP contribution >= 0.6 is 11.3 Å². The van der Waals surface area contributed by atoms with Crippen LogP contribution in [0.25, 0.3) is 10.4 Å². The van der Waals surface area contributed by atoms with Gasteiger partial charge < -0.3 is 10.1 Å². The molecule has 4 nitrogen and oxygen atoms in total. The molecular weight excluding hydrogens is 308 g/mol. The second kappa shape index (κ2) is 7.07. The Bertz CT molecular complexity index is 800. The summed E-state index contributed by atoms with van der Waals surface area (Å²) in [6.07, 6.45) is 3.60. The van der Waals surface area contributed by atoms with Gasteiger partial charge in [-0.2, -0.15) is 0 Å².